The van der Waals surface area contributed by atoms with Gasteiger partial charge >= 0.3 is 0 Å². The van der Waals surface area contributed by atoms with Gasteiger partial charge in [-0.1, -0.05) is 6.07 Å². The zero-order valence-electron chi connectivity index (χ0n) is 13.7. The molecule has 0 aromatic carbocycles. The number of carbonyl (C=O) groups is 2. The minimum Gasteiger partial charge on any atom is -0.381 e. The lowest BCUT2D eigenvalue weighted by Crippen LogP contribution is -2.60. The Balaban J connectivity index is 1.60. The summed E-state index contributed by atoms with van der Waals surface area (Å²) in [5, 5.41) is 6.10. The second-order valence-corrected chi connectivity index (χ2v) is 6.18. The maximum Gasteiger partial charge on any atom is 0.244 e. The van der Waals surface area contributed by atoms with Crippen LogP contribution in [0, 0.1) is 5.92 Å². The molecule has 2 N–H and O–H groups in total. The molecule has 0 saturated carbocycles. The van der Waals surface area contributed by atoms with Crippen LogP contribution in [0.2, 0.25) is 0 Å². The summed E-state index contributed by atoms with van der Waals surface area (Å²) in [6, 6.07) is 5.13. The van der Waals surface area contributed by atoms with Crippen LogP contribution in [-0.2, 0) is 20.9 Å². The van der Waals surface area contributed by atoms with Crippen molar-refractivity contribution in [1.82, 2.24) is 20.5 Å². The van der Waals surface area contributed by atoms with Crippen molar-refractivity contribution in [1.29, 1.82) is 0 Å². The fraction of sp³-hybridized carbons (Fsp3) is 0.588. The summed E-state index contributed by atoms with van der Waals surface area (Å²) in [5.41, 5.74) is 0.803. The van der Waals surface area contributed by atoms with E-state index < -0.39 is 6.04 Å². The van der Waals surface area contributed by atoms with Gasteiger partial charge < -0.3 is 20.3 Å². The lowest BCUT2D eigenvalue weighted by atomic mass is 9.97. The minimum absolute atomic E-state index is 0.0251. The molecule has 130 valence electrons. The van der Waals surface area contributed by atoms with Crippen LogP contribution < -0.4 is 10.6 Å². The van der Waals surface area contributed by atoms with Crippen molar-refractivity contribution in [3.8, 4) is 0 Å². The molecule has 2 amide bonds. The molecule has 0 radical (unpaired) electrons. The molecular formula is C17H24N4O3. The first-order chi connectivity index (χ1) is 11.8. The van der Waals surface area contributed by atoms with E-state index in [1.807, 2.05) is 18.2 Å². The third-order valence-electron chi connectivity index (χ3n) is 4.57. The number of rotatable bonds is 4. The Bertz CT molecular complexity index is 560. The Morgan fingerprint density at radius 2 is 2.17 bits per heavy atom. The Labute approximate surface area is 141 Å². The monoisotopic (exact) mass is 332 g/mol. The van der Waals surface area contributed by atoms with Gasteiger partial charge in [-0.15, -0.1) is 0 Å². The van der Waals surface area contributed by atoms with Gasteiger partial charge in [0.15, 0.2) is 0 Å². The predicted octanol–water partition coefficient (Wildman–Crippen LogP) is -0.0752. The van der Waals surface area contributed by atoms with Gasteiger partial charge in [-0.3, -0.25) is 14.6 Å². The van der Waals surface area contributed by atoms with Gasteiger partial charge in [0.2, 0.25) is 11.8 Å². The van der Waals surface area contributed by atoms with Gasteiger partial charge in [0, 0.05) is 45.0 Å². The molecule has 3 rings (SSSR count). The number of pyridine rings is 1. The van der Waals surface area contributed by atoms with Crippen LogP contribution in [0.4, 0.5) is 0 Å². The average Bonchev–Trinajstić information content (AvgIpc) is 2.67. The molecule has 1 atom stereocenters. The number of hydrogen-bond acceptors (Lipinski definition) is 5. The molecule has 1 aromatic rings. The number of carbonyl (C=O) groups excluding carboxylic acids is 2. The van der Waals surface area contributed by atoms with E-state index in [1.54, 1.807) is 11.1 Å². The van der Waals surface area contributed by atoms with E-state index in [-0.39, 0.29) is 17.7 Å². The van der Waals surface area contributed by atoms with Crippen LogP contribution in [0.1, 0.15) is 18.5 Å². The predicted molar refractivity (Wildman–Crippen MR) is 88.0 cm³/mol. The molecule has 1 unspecified atom stereocenters. The van der Waals surface area contributed by atoms with Crippen LogP contribution in [0.5, 0.6) is 0 Å². The zero-order valence-corrected chi connectivity index (χ0v) is 13.7. The van der Waals surface area contributed by atoms with Crippen molar-refractivity contribution in [3.05, 3.63) is 30.1 Å². The summed E-state index contributed by atoms with van der Waals surface area (Å²) in [5.74, 6) is -0.0750. The van der Waals surface area contributed by atoms with Gasteiger partial charge in [-0.05, 0) is 25.0 Å². The highest BCUT2D eigenvalue weighted by Crippen LogP contribution is 2.19. The van der Waals surface area contributed by atoms with Crippen LogP contribution in [0.25, 0.3) is 0 Å². The van der Waals surface area contributed by atoms with Crippen molar-refractivity contribution in [2.75, 3.05) is 32.8 Å². The fourth-order valence-corrected chi connectivity index (χ4v) is 3.18. The normalized spacial score (nSPS) is 22.2. The van der Waals surface area contributed by atoms with Crippen LogP contribution in [0.15, 0.2) is 24.4 Å². The largest absolute Gasteiger partial charge is 0.381 e. The second-order valence-electron chi connectivity index (χ2n) is 6.18. The van der Waals surface area contributed by atoms with Gasteiger partial charge in [0.1, 0.15) is 6.04 Å². The second kappa shape index (κ2) is 8.21. The number of aromatic nitrogens is 1. The number of nitrogens with zero attached hydrogens (tertiary/aromatic N) is 2. The molecule has 0 aliphatic carbocycles. The quantitative estimate of drug-likeness (QED) is 0.806. The first-order valence-corrected chi connectivity index (χ1v) is 8.52. The molecule has 0 spiro atoms. The summed E-state index contributed by atoms with van der Waals surface area (Å²) < 4.78 is 5.33. The van der Waals surface area contributed by atoms with E-state index in [0.717, 1.165) is 25.1 Å². The summed E-state index contributed by atoms with van der Waals surface area (Å²) in [7, 11) is 0. The molecule has 7 heteroatoms. The highest BCUT2D eigenvalue weighted by molar-refractivity contribution is 5.89. The molecule has 24 heavy (non-hydrogen) atoms. The SMILES string of the molecule is O=C(NCc1ccccn1)C1CNCCN1C(=O)C1CCOCC1. The molecule has 2 saturated heterocycles. The van der Waals surface area contributed by atoms with Crippen molar-refractivity contribution in [2.45, 2.75) is 25.4 Å². The molecule has 2 aliphatic heterocycles. The molecule has 2 aliphatic rings. The first kappa shape index (κ1) is 16.9. The van der Waals surface area contributed by atoms with Crippen molar-refractivity contribution < 1.29 is 14.3 Å². The zero-order chi connectivity index (χ0) is 16.8. The number of ether oxygens (including phenoxy) is 1. The maximum atomic E-state index is 12.8. The highest BCUT2D eigenvalue weighted by atomic mass is 16.5. The van der Waals surface area contributed by atoms with Crippen molar-refractivity contribution >= 4 is 11.8 Å². The van der Waals surface area contributed by atoms with Crippen molar-refractivity contribution in [3.63, 3.8) is 0 Å². The van der Waals surface area contributed by atoms with E-state index in [0.29, 0.717) is 32.8 Å². The Morgan fingerprint density at radius 1 is 1.33 bits per heavy atom. The minimum atomic E-state index is -0.460. The first-order valence-electron chi connectivity index (χ1n) is 8.52. The third-order valence-corrected chi connectivity index (χ3v) is 4.57. The summed E-state index contributed by atoms with van der Waals surface area (Å²) in [6.07, 6.45) is 3.18. The molecular weight excluding hydrogens is 308 g/mol. The smallest absolute Gasteiger partial charge is 0.244 e. The lowest BCUT2D eigenvalue weighted by Gasteiger charge is -2.38. The van der Waals surface area contributed by atoms with E-state index in [2.05, 4.69) is 15.6 Å². The lowest BCUT2D eigenvalue weighted by molar-refractivity contribution is -0.147. The van der Waals surface area contributed by atoms with E-state index >= 15 is 0 Å². The summed E-state index contributed by atoms with van der Waals surface area (Å²) in [6.45, 7) is 3.40. The number of amides is 2. The topological polar surface area (TPSA) is 83.6 Å². The molecule has 7 nitrogen and oxygen atoms in total. The Hall–Kier alpha value is -1.99. The molecule has 0 bridgehead atoms. The Kier molecular flexibility index (Phi) is 5.77. The molecule has 1 aromatic heterocycles. The van der Waals surface area contributed by atoms with Gasteiger partial charge in [-0.2, -0.15) is 0 Å². The van der Waals surface area contributed by atoms with E-state index in [1.165, 1.54) is 0 Å². The van der Waals surface area contributed by atoms with Crippen molar-refractivity contribution in [2.24, 2.45) is 5.92 Å². The number of hydrogen-bond donors (Lipinski definition) is 2. The average molecular weight is 332 g/mol. The third kappa shape index (κ3) is 4.10. The standard InChI is InChI=1S/C17H24N4O3/c22-16(20-11-14-3-1-2-6-19-14)15-12-18-7-8-21(15)17(23)13-4-9-24-10-5-13/h1-3,6,13,15,18H,4-5,7-12H2,(H,20,22). The molecule has 3 heterocycles. The number of nitrogens with one attached hydrogen (secondary N) is 2. The van der Waals surface area contributed by atoms with Crippen LogP contribution >= 0.6 is 0 Å². The van der Waals surface area contributed by atoms with E-state index in [4.69, 9.17) is 4.74 Å². The van der Waals surface area contributed by atoms with Gasteiger partial charge in [0.05, 0.1) is 12.2 Å². The summed E-state index contributed by atoms with van der Waals surface area (Å²) in [4.78, 5) is 31.3. The van der Waals surface area contributed by atoms with Crippen LogP contribution in [-0.4, -0.2) is 60.6 Å². The summed E-state index contributed by atoms with van der Waals surface area (Å²) >= 11 is 0. The van der Waals surface area contributed by atoms with Gasteiger partial charge in [-0.25, -0.2) is 0 Å². The van der Waals surface area contributed by atoms with Crippen LogP contribution in [0.3, 0.4) is 0 Å². The van der Waals surface area contributed by atoms with Gasteiger partial charge in [0.25, 0.3) is 0 Å². The molecule has 2 fully saturated rings. The highest BCUT2D eigenvalue weighted by Gasteiger charge is 2.35. The maximum absolute atomic E-state index is 12.8. The Morgan fingerprint density at radius 3 is 2.92 bits per heavy atom. The van der Waals surface area contributed by atoms with E-state index in [9.17, 15) is 9.59 Å². The fourth-order valence-electron chi connectivity index (χ4n) is 3.18. The number of piperazine rings is 1.